The molecule has 0 atom stereocenters. The Labute approximate surface area is 101 Å². The first kappa shape index (κ1) is 9.62. The summed E-state index contributed by atoms with van der Waals surface area (Å²) >= 11 is 3.45. The second-order valence-electron chi connectivity index (χ2n) is 3.43. The number of pyridine rings is 1. The molecule has 2 N–H and O–H groups in total. The number of aromatic nitrogens is 1. The first-order valence-electron chi connectivity index (χ1n) is 4.87. The lowest BCUT2D eigenvalue weighted by Crippen LogP contribution is -2.31. The van der Waals surface area contributed by atoms with Crippen LogP contribution in [0.2, 0.25) is 0 Å². The smallest absolute Gasteiger partial charge is 0.174 e. The van der Waals surface area contributed by atoms with Crippen LogP contribution >= 0.6 is 15.9 Å². The number of rotatable bonds is 1. The molecule has 0 unspecified atom stereocenters. The van der Waals surface area contributed by atoms with Gasteiger partial charge in [-0.1, -0.05) is 22.0 Å². The van der Waals surface area contributed by atoms with Crippen LogP contribution in [0.15, 0.2) is 47.1 Å². The van der Waals surface area contributed by atoms with Gasteiger partial charge in [0.05, 0.1) is 11.4 Å². The van der Waals surface area contributed by atoms with Crippen molar-refractivity contribution in [2.75, 3.05) is 10.4 Å². The molecular formula is C11H9BrN4. The Bertz CT molecular complexity index is 529. The normalized spacial score (nSPS) is 13.4. The monoisotopic (exact) mass is 276 g/mol. The zero-order valence-electron chi connectivity index (χ0n) is 8.31. The van der Waals surface area contributed by atoms with E-state index in [1.54, 1.807) is 6.20 Å². The number of nitrogens with zero attached hydrogens (tertiary/aromatic N) is 2. The van der Waals surface area contributed by atoms with E-state index in [1.165, 1.54) is 0 Å². The maximum absolute atomic E-state index is 4.33. The van der Waals surface area contributed by atoms with Gasteiger partial charge in [0.25, 0.3) is 0 Å². The number of halogens is 1. The van der Waals surface area contributed by atoms with Crippen molar-refractivity contribution in [3.05, 3.63) is 47.1 Å². The largest absolute Gasteiger partial charge is 0.300 e. The molecule has 0 aliphatic carbocycles. The zero-order valence-corrected chi connectivity index (χ0v) is 9.90. The Balaban J connectivity index is 2.05. The molecule has 0 bridgehead atoms. The highest BCUT2D eigenvalue weighted by atomic mass is 79.9. The van der Waals surface area contributed by atoms with Gasteiger partial charge in [-0.3, -0.25) is 5.43 Å². The average Bonchev–Trinajstić information content (AvgIpc) is 2.72. The predicted molar refractivity (Wildman–Crippen MR) is 67.3 cm³/mol. The first-order chi connectivity index (χ1) is 7.84. The minimum absolute atomic E-state index is 0.876. The summed E-state index contributed by atoms with van der Waals surface area (Å²) in [4.78, 5) is 4.33. The highest BCUT2D eigenvalue weighted by Gasteiger charge is 2.20. The van der Waals surface area contributed by atoms with Crippen LogP contribution in [0, 0.1) is 0 Å². The summed E-state index contributed by atoms with van der Waals surface area (Å²) in [7, 11) is 0. The Morgan fingerprint density at radius 3 is 3.00 bits per heavy atom. The van der Waals surface area contributed by atoms with Gasteiger partial charge in [-0.05, 0) is 30.3 Å². The number of nitrogens with one attached hydrogen (secondary N) is 2. The molecule has 3 rings (SSSR count). The lowest BCUT2D eigenvalue weighted by atomic mass is 10.3. The molecule has 0 fully saturated rings. The van der Waals surface area contributed by atoms with Crippen LogP contribution in [0.1, 0.15) is 0 Å². The van der Waals surface area contributed by atoms with Crippen LogP contribution in [0.3, 0.4) is 0 Å². The maximum Gasteiger partial charge on any atom is 0.174 e. The molecule has 2 heterocycles. The predicted octanol–water partition coefficient (Wildman–Crippen LogP) is 2.83. The summed E-state index contributed by atoms with van der Waals surface area (Å²) in [6, 6.07) is 11.9. The van der Waals surface area contributed by atoms with Gasteiger partial charge >= 0.3 is 0 Å². The number of hydrogen-bond acceptors (Lipinski definition) is 4. The molecule has 0 amide bonds. The summed E-state index contributed by atoms with van der Waals surface area (Å²) in [5.74, 6) is 0.876. The van der Waals surface area contributed by atoms with E-state index in [-0.39, 0.29) is 0 Å². The summed E-state index contributed by atoms with van der Waals surface area (Å²) < 4.78 is 1.04. The number of fused-ring (bicyclic) bond motifs is 1. The van der Waals surface area contributed by atoms with Gasteiger partial charge in [0, 0.05) is 10.7 Å². The highest BCUT2D eigenvalue weighted by molar-refractivity contribution is 9.10. The van der Waals surface area contributed by atoms with Crippen molar-refractivity contribution in [1.29, 1.82) is 0 Å². The second-order valence-corrected chi connectivity index (χ2v) is 4.34. The molecule has 5 heteroatoms. The van der Waals surface area contributed by atoms with E-state index in [4.69, 9.17) is 0 Å². The molecular weight excluding hydrogens is 268 g/mol. The second kappa shape index (κ2) is 3.77. The van der Waals surface area contributed by atoms with Crippen molar-refractivity contribution in [1.82, 2.24) is 10.5 Å². The molecule has 1 aliphatic rings. The Hall–Kier alpha value is -1.59. The van der Waals surface area contributed by atoms with Crippen molar-refractivity contribution in [3.8, 4) is 0 Å². The number of hydrogen-bond donors (Lipinski definition) is 2. The van der Waals surface area contributed by atoms with Crippen molar-refractivity contribution in [2.45, 2.75) is 0 Å². The lowest BCUT2D eigenvalue weighted by Gasteiger charge is -2.16. The fourth-order valence-corrected chi connectivity index (χ4v) is 2.03. The fraction of sp³-hybridized carbons (Fsp3) is 0. The van der Waals surface area contributed by atoms with E-state index in [0.717, 1.165) is 21.7 Å². The van der Waals surface area contributed by atoms with E-state index in [1.807, 2.05) is 41.4 Å². The molecule has 0 radical (unpaired) electrons. The van der Waals surface area contributed by atoms with Gasteiger partial charge in [-0.25, -0.2) is 9.99 Å². The van der Waals surface area contributed by atoms with E-state index in [0.29, 0.717) is 0 Å². The molecule has 1 aromatic carbocycles. The van der Waals surface area contributed by atoms with E-state index in [9.17, 15) is 0 Å². The lowest BCUT2D eigenvalue weighted by molar-refractivity contribution is 0.853. The van der Waals surface area contributed by atoms with Crippen LogP contribution in [0.4, 0.5) is 17.2 Å². The van der Waals surface area contributed by atoms with Gasteiger partial charge < -0.3 is 0 Å². The maximum atomic E-state index is 4.33. The van der Waals surface area contributed by atoms with E-state index >= 15 is 0 Å². The van der Waals surface area contributed by atoms with Crippen LogP contribution in [0.25, 0.3) is 0 Å². The molecule has 80 valence electrons. The molecule has 0 saturated carbocycles. The van der Waals surface area contributed by atoms with Crippen LogP contribution in [-0.4, -0.2) is 4.98 Å². The van der Waals surface area contributed by atoms with E-state index in [2.05, 4.69) is 31.9 Å². The first-order valence-corrected chi connectivity index (χ1v) is 5.66. The fourth-order valence-electron chi connectivity index (χ4n) is 1.64. The molecule has 0 saturated heterocycles. The van der Waals surface area contributed by atoms with Gasteiger partial charge in [-0.15, -0.1) is 5.53 Å². The Morgan fingerprint density at radius 1 is 1.19 bits per heavy atom. The topological polar surface area (TPSA) is 40.2 Å². The van der Waals surface area contributed by atoms with Crippen LogP contribution < -0.4 is 16.0 Å². The number of hydrazine groups is 2. The quantitative estimate of drug-likeness (QED) is 0.841. The van der Waals surface area contributed by atoms with Crippen molar-refractivity contribution < 1.29 is 0 Å². The summed E-state index contributed by atoms with van der Waals surface area (Å²) in [5.41, 5.74) is 8.13. The van der Waals surface area contributed by atoms with Gasteiger partial charge in [0.2, 0.25) is 0 Å². The third kappa shape index (κ3) is 1.54. The summed E-state index contributed by atoms with van der Waals surface area (Å²) in [6.45, 7) is 0. The molecule has 2 aromatic rings. The molecule has 16 heavy (non-hydrogen) atoms. The minimum atomic E-state index is 0.876. The highest BCUT2D eigenvalue weighted by Crippen LogP contribution is 2.32. The Morgan fingerprint density at radius 2 is 2.12 bits per heavy atom. The van der Waals surface area contributed by atoms with Gasteiger partial charge in [0.15, 0.2) is 5.82 Å². The number of anilines is 3. The minimum Gasteiger partial charge on any atom is -0.300 e. The zero-order chi connectivity index (χ0) is 11.0. The van der Waals surface area contributed by atoms with E-state index < -0.39 is 0 Å². The third-order valence-electron chi connectivity index (χ3n) is 2.37. The molecule has 4 nitrogen and oxygen atoms in total. The SMILES string of the molecule is Brc1cccc(N2NNc3cccnc32)c1. The van der Waals surface area contributed by atoms with Gasteiger partial charge in [0.1, 0.15) is 0 Å². The standard InChI is InChI=1S/C11H9BrN4/c12-8-3-1-4-9(7-8)16-11-10(14-15-16)5-2-6-13-11/h1-7,14-15H. The van der Waals surface area contributed by atoms with Crippen LogP contribution in [0.5, 0.6) is 0 Å². The van der Waals surface area contributed by atoms with Crippen LogP contribution in [-0.2, 0) is 0 Å². The van der Waals surface area contributed by atoms with Crippen molar-refractivity contribution in [3.63, 3.8) is 0 Å². The number of benzene rings is 1. The van der Waals surface area contributed by atoms with Crippen molar-refractivity contribution in [2.24, 2.45) is 0 Å². The molecule has 0 spiro atoms. The average molecular weight is 277 g/mol. The Kier molecular flexibility index (Phi) is 2.27. The molecule has 1 aromatic heterocycles. The summed E-state index contributed by atoms with van der Waals surface area (Å²) in [5, 5.41) is 1.90. The summed E-state index contributed by atoms with van der Waals surface area (Å²) in [6.07, 6.45) is 1.78. The van der Waals surface area contributed by atoms with Gasteiger partial charge in [-0.2, -0.15) is 0 Å². The van der Waals surface area contributed by atoms with Crippen molar-refractivity contribution >= 4 is 33.1 Å². The third-order valence-corrected chi connectivity index (χ3v) is 2.86. The molecule has 1 aliphatic heterocycles.